The molecule has 0 aliphatic heterocycles. The predicted molar refractivity (Wildman–Crippen MR) is 82.4 cm³/mol. The molecule has 1 atom stereocenters. The average molecular weight is 364 g/mol. The van der Waals surface area contributed by atoms with Crippen LogP contribution < -0.4 is 5.32 Å². The quantitative estimate of drug-likeness (QED) is 0.653. The van der Waals surface area contributed by atoms with E-state index in [4.69, 9.17) is 0 Å². The molecule has 0 bridgehead atoms. The summed E-state index contributed by atoms with van der Waals surface area (Å²) in [6, 6.07) is 9.25. The van der Waals surface area contributed by atoms with Gasteiger partial charge in [0.25, 0.3) is 5.76 Å². The van der Waals surface area contributed by atoms with E-state index in [0.29, 0.717) is 16.7 Å². The van der Waals surface area contributed by atoms with E-state index in [1.165, 1.54) is 0 Å². The number of anilines is 1. The third-order valence-electron chi connectivity index (χ3n) is 2.49. The first-order valence-corrected chi connectivity index (χ1v) is 8.16. The van der Waals surface area contributed by atoms with E-state index < -0.39 is 5.76 Å². The van der Waals surface area contributed by atoms with Crippen LogP contribution in [0.5, 0.6) is 0 Å². The third kappa shape index (κ3) is 4.19. The Morgan fingerprint density at radius 1 is 1.32 bits per heavy atom. The molecule has 102 valence electrons. The van der Waals surface area contributed by atoms with Crippen molar-refractivity contribution in [3.63, 3.8) is 0 Å². The molecule has 1 unspecified atom stereocenters. The lowest BCUT2D eigenvalue weighted by molar-refractivity contribution is 0.252. The largest absolute Gasteiger partial charge is 0.377 e. The Labute approximate surface area is 127 Å². The van der Waals surface area contributed by atoms with E-state index in [-0.39, 0.29) is 6.04 Å². The molecule has 1 nitrogen and oxygen atoms in total. The molecule has 0 amide bonds. The van der Waals surface area contributed by atoms with Gasteiger partial charge in [-0.2, -0.15) is 8.78 Å². The Morgan fingerprint density at radius 3 is 2.68 bits per heavy atom. The van der Waals surface area contributed by atoms with Gasteiger partial charge in [0.2, 0.25) is 0 Å². The molecule has 2 aromatic rings. The fourth-order valence-corrected chi connectivity index (χ4v) is 3.70. The number of thiophene rings is 1. The highest BCUT2D eigenvalue weighted by Gasteiger charge is 2.13. The van der Waals surface area contributed by atoms with Gasteiger partial charge in [-0.3, -0.25) is 0 Å². The smallest absolute Gasteiger partial charge is 0.288 e. The summed E-state index contributed by atoms with van der Waals surface area (Å²) in [4.78, 5) is 1.73. The number of thioether (sulfide) groups is 1. The van der Waals surface area contributed by atoms with Crippen LogP contribution in [0.3, 0.4) is 0 Å². The van der Waals surface area contributed by atoms with Gasteiger partial charge >= 0.3 is 0 Å². The Hall–Kier alpha value is -0.590. The molecule has 0 aliphatic carbocycles. The van der Waals surface area contributed by atoms with Gasteiger partial charge in [-0.1, -0.05) is 23.9 Å². The van der Waals surface area contributed by atoms with Crippen LogP contribution in [0.1, 0.15) is 17.8 Å². The van der Waals surface area contributed by atoms with Crippen molar-refractivity contribution in [2.45, 2.75) is 23.6 Å². The Kier molecular flexibility index (Phi) is 5.24. The van der Waals surface area contributed by atoms with E-state index in [2.05, 4.69) is 21.2 Å². The van der Waals surface area contributed by atoms with Crippen molar-refractivity contribution >= 4 is 44.7 Å². The molecule has 1 aromatic heterocycles. The number of benzene rings is 1. The normalized spacial score (nSPS) is 12.7. The van der Waals surface area contributed by atoms with Gasteiger partial charge in [-0.15, -0.1) is 11.3 Å². The summed E-state index contributed by atoms with van der Waals surface area (Å²) in [6.07, 6.45) is 0. The number of hydrogen-bond acceptors (Lipinski definition) is 3. The molecule has 0 fully saturated rings. The topological polar surface area (TPSA) is 12.0 Å². The van der Waals surface area contributed by atoms with Crippen LogP contribution in [0.4, 0.5) is 14.5 Å². The summed E-state index contributed by atoms with van der Waals surface area (Å²) in [5.74, 6) is -2.41. The summed E-state index contributed by atoms with van der Waals surface area (Å²) in [5, 5.41) is 5.29. The van der Waals surface area contributed by atoms with Gasteiger partial charge in [0, 0.05) is 25.3 Å². The lowest BCUT2D eigenvalue weighted by Crippen LogP contribution is -2.05. The first-order valence-electron chi connectivity index (χ1n) is 5.60. The summed E-state index contributed by atoms with van der Waals surface area (Å²) < 4.78 is 26.0. The average Bonchev–Trinajstić information content (AvgIpc) is 2.78. The van der Waals surface area contributed by atoms with Crippen molar-refractivity contribution in [1.29, 1.82) is 0 Å². The highest BCUT2D eigenvalue weighted by Crippen LogP contribution is 2.34. The van der Waals surface area contributed by atoms with Gasteiger partial charge in [0.15, 0.2) is 0 Å². The molecule has 2 rings (SSSR count). The van der Waals surface area contributed by atoms with E-state index in [1.807, 2.05) is 30.5 Å². The van der Waals surface area contributed by atoms with Crippen LogP contribution in [0.25, 0.3) is 0 Å². The Balaban J connectivity index is 2.14. The van der Waals surface area contributed by atoms with Crippen LogP contribution in [0, 0.1) is 0 Å². The fraction of sp³-hybridized carbons (Fsp3) is 0.231. The number of hydrogen-bond donors (Lipinski definition) is 1. The Morgan fingerprint density at radius 2 is 2.05 bits per heavy atom. The van der Waals surface area contributed by atoms with Crippen LogP contribution in [0.15, 0.2) is 45.1 Å². The maximum absolute atomic E-state index is 12.5. The lowest BCUT2D eigenvalue weighted by atomic mass is 10.2. The van der Waals surface area contributed by atoms with Gasteiger partial charge in [-0.05, 0) is 41.1 Å². The van der Waals surface area contributed by atoms with Crippen LogP contribution >= 0.6 is 39.0 Å². The molecule has 0 radical (unpaired) electrons. The Bertz CT molecular complexity index is 545. The maximum atomic E-state index is 12.5. The zero-order valence-electron chi connectivity index (χ0n) is 10.1. The molecule has 0 saturated carbocycles. The van der Waals surface area contributed by atoms with Crippen molar-refractivity contribution in [3.05, 3.63) is 45.1 Å². The minimum absolute atomic E-state index is 0.0794. The van der Waals surface area contributed by atoms with Crippen molar-refractivity contribution in [3.8, 4) is 0 Å². The minimum atomic E-state index is -2.41. The van der Waals surface area contributed by atoms with Crippen molar-refractivity contribution in [2.24, 2.45) is 0 Å². The van der Waals surface area contributed by atoms with Crippen LogP contribution in [-0.2, 0) is 0 Å². The van der Waals surface area contributed by atoms with E-state index >= 15 is 0 Å². The van der Waals surface area contributed by atoms with E-state index in [0.717, 1.165) is 15.0 Å². The first-order chi connectivity index (χ1) is 9.06. The molecule has 6 heteroatoms. The number of nitrogens with one attached hydrogen (secondary N) is 1. The summed E-state index contributed by atoms with van der Waals surface area (Å²) in [7, 11) is 0. The molecule has 19 heavy (non-hydrogen) atoms. The molecule has 0 saturated heterocycles. The molecule has 0 aliphatic rings. The van der Waals surface area contributed by atoms with Gasteiger partial charge in [0.05, 0.1) is 6.04 Å². The summed E-state index contributed by atoms with van der Waals surface area (Å²) in [5.41, 5.74) is 0.741. The van der Waals surface area contributed by atoms with Gasteiger partial charge in [0.1, 0.15) is 0 Å². The zero-order chi connectivity index (χ0) is 13.8. The molecular formula is C13H12BrF2NS2. The zero-order valence-corrected chi connectivity index (χ0v) is 13.3. The second kappa shape index (κ2) is 6.72. The maximum Gasteiger partial charge on any atom is 0.288 e. The lowest BCUT2D eigenvalue weighted by Gasteiger charge is -2.16. The number of rotatable bonds is 5. The highest BCUT2D eigenvalue weighted by atomic mass is 79.9. The van der Waals surface area contributed by atoms with Crippen LogP contribution in [-0.4, -0.2) is 5.76 Å². The number of halogens is 3. The number of para-hydroxylation sites is 1. The SMILES string of the molecule is CC(Nc1ccccc1SC(F)F)c1cc(Br)cs1. The number of alkyl halides is 2. The van der Waals surface area contributed by atoms with Crippen LogP contribution in [0.2, 0.25) is 0 Å². The predicted octanol–water partition coefficient (Wildman–Crippen LogP) is 6.00. The van der Waals surface area contributed by atoms with Gasteiger partial charge in [-0.25, -0.2) is 0 Å². The highest BCUT2D eigenvalue weighted by molar-refractivity contribution is 9.10. The fourth-order valence-electron chi connectivity index (χ4n) is 1.64. The molecule has 1 N–H and O–H groups in total. The summed E-state index contributed by atoms with van der Waals surface area (Å²) >= 11 is 5.61. The molecule has 1 heterocycles. The van der Waals surface area contributed by atoms with Gasteiger partial charge < -0.3 is 5.32 Å². The first kappa shape index (κ1) is 14.8. The van der Waals surface area contributed by atoms with E-state index in [9.17, 15) is 8.78 Å². The van der Waals surface area contributed by atoms with E-state index in [1.54, 1.807) is 23.5 Å². The monoisotopic (exact) mass is 363 g/mol. The molecular weight excluding hydrogens is 352 g/mol. The minimum Gasteiger partial charge on any atom is -0.377 e. The van der Waals surface area contributed by atoms with Crippen molar-refractivity contribution < 1.29 is 8.78 Å². The van der Waals surface area contributed by atoms with Crippen molar-refractivity contribution in [1.82, 2.24) is 0 Å². The molecule has 1 aromatic carbocycles. The second-order valence-electron chi connectivity index (χ2n) is 3.91. The standard InChI is InChI=1S/C13H12BrF2NS2/c1-8(12-6-9(14)7-18-12)17-10-4-2-3-5-11(10)19-13(15)16/h2-8,13,17H,1H3. The third-order valence-corrected chi connectivity index (χ3v) is 5.15. The second-order valence-corrected chi connectivity index (χ2v) is 6.80. The summed E-state index contributed by atoms with van der Waals surface area (Å²) in [6.45, 7) is 2.02. The molecule has 0 spiro atoms. The van der Waals surface area contributed by atoms with Crippen molar-refractivity contribution in [2.75, 3.05) is 5.32 Å².